The van der Waals surface area contributed by atoms with Crippen LogP contribution in [0.4, 0.5) is 0 Å². The topological polar surface area (TPSA) is 50.8 Å². The third kappa shape index (κ3) is 3.91. The predicted molar refractivity (Wildman–Crippen MR) is 72.8 cm³/mol. The number of hydrogen-bond donors (Lipinski definition) is 1. The molecule has 2 fully saturated rings. The van der Waals surface area contributed by atoms with Gasteiger partial charge in [-0.3, -0.25) is 4.79 Å². The van der Waals surface area contributed by atoms with E-state index in [9.17, 15) is 4.79 Å². The third-order valence-electron chi connectivity index (χ3n) is 4.35. The first-order valence-corrected chi connectivity index (χ1v) is 7.34. The number of amides is 1. The van der Waals surface area contributed by atoms with Gasteiger partial charge in [-0.1, -0.05) is 0 Å². The molecule has 0 aromatic rings. The molecule has 1 aliphatic carbocycles. The van der Waals surface area contributed by atoms with E-state index in [-0.39, 0.29) is 11.7 Å². The van der Waals surface area contributed by atoms with Crippen LogP contribution in [0.2, 0.25) is 0 Å². The first-order valence-electron chi connectivity index (χ1n) is 7.34. The number of nitrogens with zero attached hydrogens (tertiary/aromatic N) is 1. The Morgan fingerprint density at radius 3 is 2.53 bits per heavy atom. The van der Waals surface area contributed by atoms with Crippen molar-refractivity contribution in [2.75, 3.05) is 33.9 Å². The summed E-state index contributed by atoms with van der Waals surface area (Å²) in [7, 11) is 3.84. The van der Waals surface area contributed by atoms with Crippen LogP contribution in [-0.2, 0) is 14.3 Å². The molecular formula is C14H26N2O3. The highest BCUT2D eigenvalue weighted by Crippen LogP contribution is 2.37. The zero-order valence-electron chi connectivity index (χ0n) is 12.1. The van der Waals surface area contributed by atoms with E-state index in [0.717, 1.165) is 51.9 Å². The molecule has 110 valence electrons. The average molecular weight is 270 g/mol. The molecule has 1 saturated carbocycles. The van der Waals surface area contributed by atoms with E-state index in [1.807, 2.05) is 0 Å². The number of rotatable bonds is 5. The molecule has 0 radical (unpaired) electrons. The second-order valence-electron chi connectivity index (χ2n) is 5.60. The first-order chi connectivity index (χ1) is 9.15. The summed E-state index contributed by atoms with van der Waals surface area (Å²) in [6.45, 7) is 2.46. The van der Waals surface area contributed by atoms with Crippen molar-refractivity contribution in [3.8, 4) is 0 Å². The lowest BCUT2D eigenvalue weighted by Crippen LogP contribution is -2.43. The molecule has 1 saturated heterocycles. The van der Waals surface area contributed by atoms with Crippen molar-refractivity contribution in [1.82, 2.24) is 10.2 Å². The number of nitrogens with one attached hydrogen (secondary N) is 1. The fraction of sp³-hybridized carbons (Fsp3) is 0.929. The Balaban J connectivity index is 1.67. The highest BCUT2D eigenvalue weighted by atomic mass is 16.7. The van der Waals surface area contributed by atoms with Gasteiger partial charge in [0.2, 0.25) is 5.91 Å². The van der Waals surface area contributed by atoms with Crippen LogP contribution in [0, 0.1) is 0 Å². The minimum absolute atomic E-state index is 0.128. The van der Waals surface area contributed by atoms with Crippen LogP contribution in [0.25, 0.3) is 0 Å². The summed E-state index contributed by atoms with van der Waals surface area (Å²) in [4.78, 5) is 13.6. The van der Waals surface area contributed by atoms with E-state index in [4.69, 9.17) is 9.47 Å². The minimum Gasteiger partial charge on any atom is -0.359 e. The van der Waals surface area contributed by atoms with Crippen LogP contribution in [-0.4, -0.2) is 56.5 Å². The lowest BCUT2D eigenvalue weighted by molar-refractivity contribution is -0.183. The summed E-state index contributed by atoms with van der Waals surface area (Å²) < 4.78 is 11.5. The molecule has 1 heterocycles. The molecule has 0 aromatic carbocycles. The first kappa shape index (κ1) is 14.8. The van der Waals surface area contributed by atoms with Crippen LogP contribution in [0.5, 0.6) is 0 Å². The van der Waals surface area contributed by atoms with Gasteiger partial charge in [0.1, 0.15) is 0 Å². The molecule has 1 amide bonds. The fourth-order valence-corrected chi connectivity index (χ4v) is 3.07. The van der Waals surface area contributed by atoms with Crippen molar-refractivity contribution < 1.29 is 14.3 Å². The summed E-state index contributed by atoms with van der Waals surface area (Å²) >= 11 is 0. The molecule has 1 spiro atoms. The van der Waals surface area contributed by atoms with Gasteiger partial charge in [0.25, 0.3) is 0 Å². The number of hydrogen-bond acceptors (Lipinski definition) is 4. The standard InChI is InChI=1S/C14H26N2O3/c1-15-13(17)4-3-9-16(2)12-5-7-14(8-6-12)18-10-11-19-14/h12H,3-11H2,1-2H3,(H,15,17). The van der Waals surface area contributed by atoms with E-state index in [1.54, 1.807) is 7.05 Å². The molecule has 5 nitrogen and oxygen atoms in total. The molecule has 2 rings (SSSR count). The fourth-order valence-electron chi connectivity index (χ4n) is 3.07. The molecular weight excluding hydrogens is 244 g/mol. The maximum atomic E-state index is 11.2. The van der Waals surface area contributed by atoms with E-state index < -0.39 is 0 Å². The van der Waals surface area contributed by atoms with Gasteiger partial charge in [-0.05, 0) is 32.9 Å². The van der Waals surface area contributed by atoms with E-state index in [1.165, 1.54) is 0 Å². The van der Waals surface area contributed by atoms with Crippen molar-refractivity contribution in [2.24, 2.45) is 0 Å². The van der Waals surface area contributed by atoms with Crippen LogP contribution in [0.15, 0.2) is 0 Å². The molecule has 0 aromatic heterocycles. The van der Waals surface area contributed by atoms with Crippen LogP contribution in [0.1, 0.15) is 38.5 Å². The molecule has 0 atom stereocenters. The van der Waals surface area contributed by atoms with Gasteiger partial charge in [-0.25, -0.2) is 0 Å². The SMILES string of the molecule is CNC(=O)CCCN(C)C1CCC2(CC1)OCCO2. The molecule has 2 aliphatic rings. The van der Waals surface area contributed by atoms with Crippen molar-refractivity contribution >= 4 is 5.91 Å². The quantitative estimate of drug-likeness (QED) is 0.813. The van der Waals surface area contributed by atoms with Crippen LogP contribution >= 0.6 is 0 Å². The summed E-state index contributed by atoms with van der Waals surface area (Å²) in [5, 5.41) is 2.66. The lowest BCUT2D eigenvalue weighted by Gasteiger charge is -2.39. The third-order valence-corrected chi connectivity index (χ3v) is 4.35. The van der Waals surface area contributed by atoms with Gasteiger partial charge in [-0.2, -0.15) is 0 Å². The smallest absolute Gasteiger partial charge is 0.219 e. The van der Waals surface area contributed by atoms with Crippen molar-refractivity contribution in [3.63, 3.8) is 0 Å². The van der Waals surface area contributed by atoms with Crippen molar-refractivity contribution in [2.45, 2.75) is 50.4 Å². The number of ether oxygens (including phenoxy) is 2. The maximum absolute atomic E-state index is 11.2. The van der Waals surface area contributed by atoms with Gasteiger partial charge in [0, 0.05) is 32.4 Å². The predicted octanol–water partition coefficient (Wildman–Crippen LogP) is 1.13. The monoisotopic (exact) mass is 270 g/mol. The molecule has 1 aliphatic heterocycles. The average Bonchev–Trinajstić information content (AvgIpc) is 2.87. The Bertz CT molecular complexity index is 293. The molecule has 19 heavy (non-hydrogen) atoms. The Hall–Kier alpha value is -0.650. The minimum atomic E-state index is -0.264. The maximum Gasteiger partial charge on any atom is 0.219 e. The van der Waals surface area contributed by atoms with E-state index in [0.29, 0.717) is 12.5 Å². The lowest BCUT2D eigenvalue weighted by atomic mass is 9.89. The zero-order valence-corrected chi connectivity index (χ0v) is 12.1. The van der Waals surface area contributed by atoms with Gasteiger partial charge in [-0.15, -0.1) is 0 Å². The largest absolute Gasteiger partial charge is 0.359 e. The normalized spacial score (nSPS) is 23.1. The second kappa shape index (κ2) is 6.68. The Morgan fingerprint density at radius 1 is 1.32 bits per heavy atom. The van der Waals surface area contributed by atoms with E-state index in [2.05, 4.69) is 17.3 Å². The van der Waals surface area contributed by atoms with Gasteiger partial charge in [0.15, 0.2) is 5.79 Å². The highest BCUT2D eigenvalue weighted by molar-refractivity contribution is 5.75. The Kier molecular flexibility index (Phi) is 5.19. The summed E-state index contributed by atoms with van der Waals surface area (Å²) in [6, 6.07) is 0.600. The summed E-state index contributed by atoms with van der Waals surface area (Å²) in [5.41, 5.74) is 0. The number of carbonyl (C=O) groups is 1. The molecule has 5 heteroatoms. The van der Waals surface area contributed by atoms with Crippen molar-refractivity contribution in [3.05, 3.63) is 0 Å². The second-order valence-corrected chi connectivity index (χ2v) is 5.60. The van der Waals surface area contributed by atoms with Gasteiger partial charge in [0.05, 0.1) is 13.2 Å². The Labute approximate surface area is 115 Å². The summed E-state index contributed by atoms with van der Waals surface area (Å²) in [5.74, 6) is -0.136. The highest BCUT2D eigenvalue weighted by Gasteiger charge is 2.40. The van der Waals surface area contributed by atoms with Crippen LogP contribution in [0.3, 0.4) is 0 Å². The Morgan fingerprint density at radius 2 is 1.95 bits per heavy atom. The number of carbonyl (C=O) groups excluding carboxylic acids is 1. The molecule has 0 bridgehead atoms. The summed E-state index contributed by atoms with van der Waals surface area (Å²) in [6.07, 6.45) is 5.77. The van der Waals surface area contributed by atoms with Crippen molar-refractivity contribution in [1.29, 1.82) is 0 Å². The van der Waals surface area contributed by atoms with E-state index >= 15 is 0 Å². The molecule has 1 N–H and O–H groups in total. The van der Waals surface area contributed by atoms with Gasteiger partial charge >= 0.3 is 0 Å². The zero-order chi connectivity index (χ0) is 13.7. The van der Waals surface area contributed by atoms with Crippen LogP contribution < -0.4 is 5.32 Å². The van der Waals surface area contributed by atoms with Gasteiger partial charge < -0.3 is 19.7 Å². The molecule has 0 unspecified atom stereocenters.